The third-order valence-electron chi connectivity index (χ3n) is 4.31. The molecule has 0 radical (unpaired) electrons. The van der Waals surface area contributed by atoms with Crippen molar-refractivity contribution in [3.63, 3.8) is 0 Å². The fourth-order valence-electron chi connectivity index (χ4n) is 3.11. The van der Waals surface area contributed by atoms with Gasteiger partial charge in [-0.15, -0.1) is 0 Å². The van der Waals surface area contributed by atoms with Crippen molar-refractivity contribution in [3.05, 3.63) is 34.6 Å². The molecule has 0 aromatic heterocycles. The van der Waals surface area contributed by atoms with Crippen molar-refractivity contribution in [1.82, 2.24) is 0 Å². The van der Waals surface area contributed by atoms with Crippen molar-refractivity contribution in [2.24, 2.45) is 5.92 Å². The largest absolute Gasteiger partial charge is 0.206 e. The van der Waals surface area contributed by atoms with E-state index >= 15 is 0 Å². The van der Waals surface area contributed by atoms with Crippen LogP contribution in [0.5, 0.6) is 0 Å². The molecule has 1 atom stereocenters. The van der Waals surface area contributed by atoms with Gasteiger partial charge in [0, 0.05) is 0 Å². The number of rotatable bonds is 5. The molecule has 0 saturated carbocycles. The van der Waals surface area contributed by atoms with Gasteiger partial charge in [-0.3, -0.25) is 0 Å². The second kappa shape index (κ2) is 6.36. The number of aryl methyl sites for hydroxylation is 1. The maximum Gasteiger partial charge on any atom is 0.129 e. The first-order valence-corrected chi connectivity index (χ1v) is 7.49. The van der Waals surface area contributed by atoms with E-state index in [0.717, 1.165) is 29.9 Å². The Labute approximate surface area is 111 Å². The Morgan fingerprint density at radius 2 is 2.06 bits per heavy atom. The maximum atomic E-state index is 14.0. The molecule has 1 aromatic rings. The van der Waals surface area contributed by atoms with Gasteiger partial charge in [-0.25, -0.2) is 4.39 Å². The van der Waals surface area contributed by atoms with Crippen LogP contribution in [0.2, 0.25) is 0 Å². The molecule has 0 N–H and O–H groups in total. The van der Waals surface area contributed by atoms with Crippen molar-refractivity contribution in [2.45, 2.75) is 65.2 Å². The lowest BCUT2D eigenvalue weighted by atomic mass is 9.80. The zero-order valence-electron chi connectivity index (χ0n) is 11.8. The van der Waals surface area contributed by atoms with Crippen LogP contribution in [0.1, 0.15) is 62.1 Å². The predicted molar refractivity (Wildman–Crippen MR) is 75.4 cm³/mol. The summed E-state index contributed by atoms with van der Waals surface area (Å²) in [7, 11) is 0. The zero-order valence-corrected chi connectivity index (χ0v) is 11.8. The number of benzene rings is 1. The Balaban J connectivity index is 1.92. The van der Waals surface area contributed by atoms with Gasteiger partial charge in [0.2, 0.25) is 0 Å². The van der Waals surface area contributed by atoms with Crippen molar-refractivity contribution in [1.29, 1.82) is 0 Å². The molecule has 1 aliphatic carbocycles. The highest BCUT2D eigenvalue weighted by atomic mass is 19.1. The van der Waals surface area contributed by atoms with Gasteiger partial charge in [0.25, 0.3) is 0 Å². The Bertz CT molecular complexity index is 395. The van der Waals surface area contributed by atoms with E-state index in [9.17, 15) is 4.39 Å². The Kier molecular flexibility index (Phi) is 4.79. The second-order valence-electron chi connectivity index (χ2n) is 5.79. The van der Waals surface area contributed by atoms with E-state index in [1.807, 2.05) is 13.0 Å². The zero-order chi connectivity index (χ0) is 13.0. The van der Waals surface area contributed by atoms with Crippen molar-refractivity contribution in [2.75, 3.05) is 0 Å². The summed E-state index contributed by atoms with van der Waals surface area (Å²) in [5.74, 6) is 0.841. The number of unbranched alkanes of at least 4 members (excludes halogenated alkanes) is 3. The van der Waals surface area contributed by atoms with Crippen molar-refractivity contribution in [3.8, 4) is 0 Å². The molecular weight excluding hydrogens is 223 g/mol. The minimum atomic E-state index is 0.0527. The number of fused-ring (bicyclic) bond motifs is 1. The fraction of sp³-hybridized carbons (Fsp3) is 0.647. The highest BCUT2D eigenvalue weighted by molar-refractivity contribution is 5.35. The summed E-state index contributed by atoms with van der Waals surface area (Å²) >= 11 is 0. The average Bonchev–Trinajstić information content (AvgIpc) is 2.39. The van der Waals surface area contributed by atoms with E-state index in [4.69, 9.17) is 0 Å². The van der Waals surface area contributed by atoms with E-state index in [1.54, 1.807) is 0 Å². The molecule has 1 aliphatic rings. The van der Waals surface area contributed by atoms with Gasteiger partial charge >= 0.3 is 0 Å². The molecule has 0 nitrogen and oxygen atoms in total. The number of hydrogen-bond donors (Lipinski definition) is 0. The molecule has 0 fully saturated rings. The SMILES string of the molecule is CCCCCCC1CCc2c(ccc(C)c2F)C1. The summed E-state index contributed by atoms with van der Waals surface area (Å²) in [4.78, 5) is 0. The van der Waals surface area contributed by atoms with Gasteiger partial charge in [-0.1, -0.05) is 51.2 Å². The Morgan fingerprint density at radius 3 is 2.83 bits per heavy atom. The monoisotopic (exact) mass is 248 g/mol. The maximum absolute atomic E-state index is 14.0. The third-order valence-corrected chi connectivity index (χ3v) is 4.31. The van der Waals surface area contributed by atoms with Crippen LogP contribution in [0.3, 0.4) is 0 Å². The smallest absolute Gasteiger partial charge is 0.129 e. The lowest BCUT2D eigenvalue weighted by Gasteiger charge is -2.25. The summed E-state index contributed by atoms with van der Waals surface area (Å²) in [6, 6.07) is 4.08. The van der Waals surface area contributed by atoms with Gasteiger partial charge in [-0.05, 0) is 48.8 Å². The van der Waals surface area contributed by atoms with Crippen LogP contribution in [-0.2, 0) is 12.8 Å². The molecule has 1 heteroatoms. The highest BCUT2D eigenvalue weighted by Gasteiger charge is 2.21. The van der Waals surface area contributed by atoms with Crippen LogP contribution in [0, 0.1) is 18.7 Å². The van der Waals surface area contributed by atoms with Crippen LogP contribution in [-0.4, -0.2) is 0 Å². The predicted octanol–water partition coefficient (Wildman–Crippen LogP) is 5.21. The lowest BCUT2D eigenvalue weighted by molar-refractivity contribution is 0.399. The molecule has 100 valence electrons. The average molecular weight is 248 g/mol. The summed E-state index contributed by atoms with van der Waals surface area (Å²) in [5, 5.41) is 0. The molecule has 0 spiro atoms. The fourth-order valence-corrected chi connectivity index (χ4v) is 3.11. The standard InChI is InChI=1S/C17H25F/c1-3-4-5-6-7-14-9-11-16-15(12-14)10-8-13(2)17(16)18/h8,10,14H,3-7,9,11-12H2,1-2H3. The molecule has 0 amide bonds. The van der Waals surface area contributed by atoms with Gasteiger partial charge < -0.3 is 0 Å². The van der Waals surface area contributed by atoms with Gasteiger partial charge in [0.15, 0.2) is 0 Å². The second-order valence-corrected chi connectivity index (χ2v) is 5.79. The Hall–Kier alpha value is -0.850. The van der Waals surface area contributed by atoms with Crippen LogP contribution < -0.4 is 0 Å². The molecule has 0 saturated heterocycles. The van der Waals surface area contributed by atoms with E-state index < -0.39 is 0 Å². The quantitative estimate of drug-likeness (QED) is 0.627. The summed E-state index contributed by atoms with van der Waals surface area (Å²) < 4.78 is 14.0. The molecular formula is C17H25F. The van der Waals surface area contributed by atoms with E-state index in [0.29, 0.717) is 0 Å². The van der Waals surface area contributed by atoms with Gasteiger partial charge in [-0.2, -0.15) is 0 Å². The minimum Gasteiger partial charge on any atom is -0.206 e. The topological polar surface area (TPSA) is 0 Å². The first-order chi connectivity index (χ1) is 8.72. The van der Waals surface area contributed by atoms with Crippen LogP contribution >= 0.6 is 0 Å². The minimum absolute atomic E-state index is 0.0527. The van der Waals surface area contributed by atoms with Gasteiger partial charge in [0.1, 0.15) is 5.82 Å². The van der Waals surface area contributed by atoms with Crippen LogP contribution in [0.4, 0.5) is 4.39 Å². The third kappa shape index (κ3) is 3.13. The van der Waals surface area contributed by atoms with E-state index in [-0.39, 0.29) is 5.82 Å². The van der Waals surface area contributed by atoms with Gasteiger partial charge in [0.05, 0.1) is 0 Å². The molecule has 0 bridgehead atoms. The first-order valence-electron chi connectivity index (χ1n) is 7.49. The van der Waals surface area contributed by atoms with Crippen molar-refractivity contribution < 1.29 is 4.39 Å². The lowest BCUT2D eigenvalue weighted by Crippen LogP contribution is -2.16. The highest BCUT2D eigenvalue weighted by Crippen LogP contribution is 2.31. The first kappa shape index (κ1) is 13.6. The molecule has 0 heterocycles. The van der Waals surface area contributed by atoms with E-state index in [2.05, 4.69) is 13.0 Å². The number of halogens is 1. The molecule has 18 heavy (non-hydrogen) atoms. The molecule has 1 aromatic carbocycles. The summed E-state index contributed by atoms with van der Waals surface area (Å²) in [6.07, 6.45) is 9.92. The summed E-state index contributed by atoms with van der Waals surface area (Å²) in [6.45, 7) is 4.12. The van der Waals surface area contributed by atoms with Crippen LogP contribution in [0.25, 0.3) is 0 Å². The molecule has 2 rings (SSSR count). The number of hydrogen-bond acceptors (Lipinski definition) is 0. The summed E-state index contributed by atoms with van der Waals surface area (Å²) in [5.41, 5.74) is 3.07. The van der Waals surface area contributed by atoms with E-state index in [1.165, 1.54) is 44.1 Å². The Morgan fingerprint density at radius 1 is 1.22 bits per heavy atom. The normalized spacial score (nSPS) is 18.7. The molecule has 1 unspecified atom stereocenters. The molecule has 0 aliphatic heterocycles. The van der Waals surface area contributed by atoms with Crippen molar-refractivity contribution >= 4 is 0 Å². The van der Waals surface area contributed by atoms with Crippen LogP contribution in [0.15, 0.2) is 12.1 Å².